The van der Waals surface area contributed by atoms with E-state index in [0.717, 1.165) is 5.56 Å². The summed E-state index contributed by atoms with van der Waals surface area (Å²) < 4.78 is 38.3. The van der Waals surface area contributed by atoms with E-state index in [1.807, 2.05) is 0 Å². The zero-order chi connectivity index (χ0) is 12.5. The quantitative estimate of drug-likeness (QED) is 0.732. The molecule has 0 aliphatic heterocycles. The third kappa shape index (κ3) is 2.05. The van der Waals surface area contributed by atoms with Crippen LogP contribution in [0.15, 0.2) is 18.2 Å². The van der Waals surface area contributed by atoms with E-state index in [-0.39, 0.29) is 76.1 Å². The summed E-state index contributed by atoms with van der Waals surface area (Å²) >= 11 is 11.7. The summed E-state index contributed by atoms with van der Waals surface area (Å²) in [6.07, 6.45) is 0.671. The van der Waals surface area contributed by atoms with Gasteiger partial charge in [0.25, 0.3) is 0 Å². The number of hydrogen-bond donors (Lipinski definition) is 0. The van der Waals surface area contributed by atoms with Gasteiger partial charge < -0.3 is 12.9 Å². The number of halogens is 5. The van der Waals surface area contributed by atoms with Gasteiger partial charge in [0.05, 0.1) is 10.0 Å². The minimum Gasteiger partial charge on any atom is -0.449 e. The molecule has 0 heterocycles. The fourth-order valence-electron chi connectivity index (χ4n) is 3.35. The van der Waals surface area contributed by atoms with E-state index in [1.165, 1.54) is 0 Å². The Morgan fingerprint density at radius 1 is 1.00 bits per heavy atom. The molecule has 0 spiro atoms. The summed E-state index contributed by atoms with van der Waals surface area (Å²) in [5.41, 5.74) is 0.611. The van der Waals surface area contributed by atoms with Crippen molar-refractivity contribution in [1.29, 1.82) is 0 Å². The normalized spacial score (nSPS) is 33.2. The summed E-state index contributed by atoms with van der Waals surface area (Å²) in [7, 11) is 0. The average molecular weight is 319 g/mol. The van der Waals surface area contributed by atoms with E-state index in [9.17, 15) is 12.9 Å². The van der Waals surface area contributed by atoms with Crippen LogP contribution in [0.2, 0.25) is 15.4 Å². The molecule has 3 fully saturated rings. The monoisotopic (exact) mass is 318 g/mol. The third-order valence-electron chi connectivity index (χ3n) is 4.30. The molecule has 0 unspecified atom stereocenters. The Morgan fingerprint density at radius 2 is 1.56 bits per heavy atom. The molecule has 3 aliphatic carbocycles. The Kier molecular flexibility index (Phi) is 4.05. The standard InChI is InChI=1S/C11H9BCl2F3.K/c13-8-2-1-7(3-9(8)14)10-4-11(5-10,6-10)12(15,16)17;/h1-3H,4-6H2;/q-1;+1. The van der Waals surface area contributed by atoms with Crippen LogP contribution in [-0.2, 0) is 5.41 Å². The van der Waals surface area contributed by atoms with Crippen molar-refractivity contribution < 1.29 is 64.3 Å². The number of benzene rings is 1. The Labute approximate surface area is 156 Å². The predicted octanol–water partition coefficient (Wildman–Crippen LogP) is 2.02. The van der Waals surface area contributed by atoms with E-state index >= 15 is 0 Å². The van der Waals surface area contributed by atoms with Gasteiger partial charge in [-0.2, -0.15) is 0 Å². The van der Waals surface area contributed by atoms with E-state index in [0.29, 0.717) is 10.0 Å². The van der Waals surface area contributed by atoms with E-state index in [1.54, 1.807) is 18.2 Å². The molecule has 1 aromatic carbocycles. The van der Waals surface area contributed by atoms with Crippen LogP contribution in [0.4, 0.5) is 12.9 Å². The fourth-order valence-corrected chi connectivity index (χ4v) is 3.64. The smallest absolute Gasteiger partial charge is 0.449 e. The SMILES string of the molecule is F[B-](F)(F)C12CC(c3ccc(Cl)c(Cl)c3)(C1)C2.[K+]. The average Bonchev–Trinajstić information content (AvgIpc) is 2.03. The second-order valence-corrected chi connectivity index (χ2v) is 6.19. The van der Waals surface area contributed by atoms with Gasteiger partial charge in [-0.1, -0.05) is 53.8 Å². The topological polar surface area (TPSA) is 0 Å². The zero-order valence-electron chi connectivity index (χ0n) is 9.82. The molecule has 3 saturated carbocycles. The van der Waals surface area contributed by atoms with Gasteiger partial charge in [-0.25, -0.2) is 0 Å². The first-order valence-corrected chi connectivity index (χ1v) is 6.19. The molecule has 0 N–H and O–H groups in total. The largest absolute Gasteiger partial charge is 1.00 e. The van der Waals surface area contributed by atoms with Crippen molar-refractivity contribution in [3.05, 3.63) is 33.8 Å². The van der Waals surface area contributed by atoms with Gasteiger partial charge in [0, 0.05) is 0 Å². The van der Waals surface area contributed by atoms with Gasteiger partial charge in [-0.15, -0.1) is 0 Å². The summed E-state index contributed by atoms with van der Waals surface area (Å²) in [5, 5.41) is -0.497. The molecule has 3 aliphatic rings. The molecular weight excluding hydrogens is 310 g/mol. The van der Waals surface area contributed by atoms with Crippen LogP contribution in [0.25, 0.3) is 0 Å². The van der Waals surface area contributed by atoms with Crippen molar-refractivity contribution in [3.8, 4) is 0 Å². The predicted molar refractivity (Wildman–Crippen MR) is 63.8 cm³/mol. The molecule has 0 saturated heterocycles. The molecule has 4 rings (SSSR count). The van der Waals surface area contributed by atoms with Crippen molar-refractivity contribution in [2.75, 3.05) is 0 Å². The molecule has 92 valence electrons. The Bertz CT molecular complexity index is 484. The summed E-state index contributed by atoms with van der Waals surface area (Å²) in [5.74, 6) is 0. The molecule has 2 bridgehead atoms. The van der Waals surface area contributed by atoms with Crippen LogP contribution >= 0.6 is 23.2 Å². The van der Waals surface area contributed by atoms with Crippen molar-refractivity contribution in [3.63, 3.8) is 0 Å². The third-order valence-corrected chi connectivity index (χ3v) is 5.04. The summed E-state index contributed by atoms with van der Waals surface area (Å²) in [6.45, 7) is -4.71. The van der Waals surface area contributed by atoms with Crippen LogP contribution in [0.5, 0.6) is 0 Å². The van der Waals surface area contributed by atoms with Crippen LogP contribution in [0.1, 0.15) is 24.8 Å². The van der Waals surface area contributed by atoms with Gasteiger partial charge in [0.2, 0.25) is 0 Å². The minimum atomic E-state index is -4.71. The van der Waals surface area contributed by atoms with Crippen molar-refractivity contribution in [2.24, 2.45) is 0 Å². The van der Waals surface area contributed by atoms with Gasteiger partial charge in [0.15, 0.2) is 0 Å². The van der Waals surface area contributed by atoms with Crippen LogP contribution in [-0.4, -0.2) is 6.98 Å². The van der Waals surface area contributed by atoms with E-state index in [4.69, 9.17) is 23.2 Å². The van der Waals surface area contributed by atoms with E-state index in [2.05, 4.69) is 0 Å². The molecule has 1 aromatic rings. The summed E-state index contributed by atoms with van der Waals surface area (Å²) in [4.78, 5) is 0. The first-order chi connectivity index (χ1) is 7.78. The molecule has 0 aromatic heterocycles. The molecule has 0 radical (unpaired) electrons. The van der Waals surface area contributed by atoms with Crippen molar-refractivity contribution in [2.45, 2.75) is 30.0 Å². The van der Waals surface area contributed by atoms with Crippen LogP contribution < -0.4 is 51.4 Å². The van der Waals surface area contributed by atoms with Gasteiger partial charge in [-0.05, 0) is 23.1 Å². The maximum absolute atomic E-state index is 12.8. The van der Waals surface area contributed by atoms with Gasteiger partial charge in [0.1, 0.15) is 0 Å². The maximum atomic E-state index is 12.8. The minimum absolute atomic E-state index is 0. The van der Waals surface area contributed by atoms with Gasteiger partial charge >= 0.3 is 58.4 Å². The molecule has 0 atom stereocenters. The first kappa shape index (κ1) is 15.7. The maximum Gasteiger partial charge on any atom is 1.00 e. The number of rotatable bonds is 2. The van der Waals surface area contributed by atoms with Crippen molar-refractivity contribution in [1.82, 2.24) is 0 Å². The Morgan fingerprint density at radius 3 is 2.00 bits per heavy atom. The molecule has 7 heteroatoms. The van der Waals surface area contributed by atoms with Crippen LogP contribution in [0, 0.1) is 0 Å². The molecule has 0 nitrogen and oxygen atoms in total. The Balaban J connectivity index is 0.00000120. The first-order valence-electron chi connectivity index (χ1n) is 5.43. The second-order valence-electron chi connectivity index (χ2n) is 5.38. The van der Waals surface area contributed by atoms with Crippen molar-refractivity contribution >= 4 is 30.2 Å². The molecule has 0 amide bonds. The van der Waals surface area contributed by atoms with Crippen LogP contribution in [0.3, 0.4) is 0 Å². The Hall–Kier alpha value is 1.29. The molecule has 18 heavy (non-hydrogen) atoms. The second kappa shape index (κ2) is 4.65. The van der Waals surface area contributed by atoms with E-state index < -0.39 is 12.3 Å². The molecular formula is C11H9BCl2F3K. The number of hydrogen-bond acceptors (Lipinski definition) is 0. The van der Waals surface area contributed by atoms with Gasteiger partial charge in [-0.3, -0.25) is 0 Å². The zero-order valence-corrected chi connectivity index (χ0v) is 14.5. The fraction of sp³-hybridized carbons (Fsp3) is 0.455. The summed E-state index contributed by atoms with van der Waals surface area (Å²) in [6, 6.07) is 5.15.